The third-order valence-electron chi connectivity index (χ3n) is 5.93. The van der Waals surface area contributed by atoms with E-state index in [1.54, 1.807) is 0 Å². The average molecular weight is 432 g/mol. The second-order valence-electron chi connectivity index (χ2n) is 8.09. The lowest BCUT2D eigenvalue weighted by atomic mass is 10.1. The maximum absolute atomic E-state index is 11.4. The number of piperazine rings is 1. The van der Waals surface area contributed by atoms with Crippen LogP contribution in [0.1, 0.15) is 23.6 Å². The van der Waals surface area contributed by atoms with Gasteiger partial charge in [-0.15, -0.1) is 0 Å². The Hall–Kier alpha value is -3.68. The molecule has 32 heavy (non-hydrogen) atoms. The monoisotopic (exact) mass is 431 g/mol. The first kappa shape index (κ1) is 21.5. The summed E-state index contributed by atoms with van der Waals surface area (Å²) in [5.74, 6) is 1.04. The van der Waals surface area contributed by atoms with Gasteiger partial charge in [0.15, 0.2) is 0 Å². The summed E-state index contributed by atoms with van der Waals surface area (Å²) >= 11 is 0. The molecule has 0 saturated carbocycles. The van der Waals surface area contributed by atoms with Gasteiger partial charge in [0.05, 0.1) is 0 Å². The van der Waals surface area contributed by atoms with Gasteiger partial charge in [-0.3, -0.25) is 4.79 Å². The molecule has 1 amide bonds. The molecule has 8 nitrogen and oxygen atoms in total. The summed E-state index contributed by atoms with van der Waals surface area (Å²) in [6.45, 7) is 11.3. The van der Waals surface area contributed by atoms with Crippen LogP contribution in [0.5, 0.6) is 0 Å². The molecule has 0 bridgehead atoms. The minimum absolute atomic E-state index is 0.104. The smallest absolute Gasteiger partial charge is 0.232 e. The fraction of sp³-hybridized carbons (Fsp3) is 0.333. The van der Waals surface area contributed by atoms with Crippen LogP contribution in [0, 0.1) is 20.8 Å². The van der Waals surface area contributed by atoms with Gasteiger partial charge in [0.25, 0.3) is 0 Å². The van der Waals surface area contributed by atoms with E-state index < -0.39 is 0 Å². The molecule has 0 aliphatic carbocycles. The average Bonchev–Trinajstić information content (AvgIpc) is 2.78. The largest absolute Gasteiger partial charge is 0.368 e. The number of anilines is 5. The summed E-state index contributed by atoms with van der Waals surface area (Å²) in [7, 11) is 0. The van der Waals surface area contributed by atoms with E-state index >= 15 is 0 Å². The summed E-state index contributed by atoms with van der Waals surface area (Å²) in [5.41, 5.74) is 6.48. The van der Waals surface area contributed by atoms with E-state index in [2.05, 4.69) is 67.4 Å². The zero-order chi connectivity index (χ0) is 22.7. The minimum atomic E-state index is -0.104. The number of carbonyl (C=O) groups excluding carboxylic acids is 1. The molecule has 2 N–H and O–H groups in total. The van der Waals surface area contributed by atoms with E-state index in [0.717, 1.165) is 43.1 Å². The van der Waals surface area contributed by atoms with Crippen LogP contribution in [0.3, 0.4) is 0 Å². The van der Waals surface area contributed by atoms with Crippen molar-refractivity contribution in [2.75, 3.05) is 46.6 Å². The van der Waals surface area contributed by atoms with Crippen molar-refractivity contribution < 1.29 is 4.79 Å². The Morgan fingerprint density at radius 3 is 2.31 bits per heavy atom. The van der Waals surface area contributed by atoms with Gasteiger partial charge in [0, 0.05) is 50.2 Å². The third kappa shape index (κ3) is 4.64. The van der Waals surface area contributed by atoms with Crippen LogP contribution in [-0.2, 0) is 4.79 Å². The van der Waals surface area contributed by atoms with Gasteiger partial charge >= 0.3 is 0 Å². The second-order valence-corrected chi connectivity index (χ2v) is 8.09. The SMILES string of the molecule is CC(=O)Nc1cccc(Nc2ncnc(N3CCN(c4cccc(C)c4C)CC3)n2)c1C. The quantitative estimate of drug-likeness (QED) is 0.635. The van der Waals surface area contributed by atoms with Crippen LogP contribution in [0.4, 0.5) is 29.0 Å². The van der Waals surface area contributed by atoms with Crippen molar-refractivity contribution in [1.82, 2.24) is 15.0 Å². The molecule has 166 valence electrons. The summed E-state index contributed by atoms with van der Waals surface area (Å²) in [6, 6.07) is 12.2. The molecular formula is C24H29N7O. The molecule has 4 rings (SSSR count). The minimum Gasteiger partial charge on any atom is -0.368 e. The van der Waals surface area contributed by atoms with Gasteiger partial charge in [0.2, 0.25) is 17.8 Å². The number of aromatic nitrogens is 3. The Morgan fingerprint density at radius 1 is 0.875 bits per heavy atom. The molecule has 0 unspecified atom stereocenters. The van der Waals surface area contributed by atoms with Crippen LogP contribution in [0.25, 0.3) is 0 Å². The maximum atomic E-state index is 11.4. The van der Waals surface area contributed by atoms with Crippen LogP contribution >= 0.6 is 0 Å². The first-order valence-corrected chi connectivity index (χ1v) is 10.8. The summed E-state index contributed by atoms with van der Waals surface area (Å²) in [6.07, 6.45) is 1.54. The number of hydrogen-bond donors (Lipinski definition) is 2. The van der Waals surface area contributed by atoms with Gasteiger partial charge in [-0.05, 0) is 55.7 Å². The molecule has 2 heterocycles. The predicted molar refractivity (Wildman–Crippen MR) is 129 cm³/mol. The first-order valence-electron chi connectivity index (χ1n) is 10.8. The van der Waals surface area contributed by atoms with Crippen molar-refractivity contribution in [3.8, 4) is 0 Å². The van der Waals surface area contributed by atoms with Crippen LogP contribution in [-0.4, -0.2) is 47.0 Å². The number of nitrogens with one attached hydrogen (secondary N) is 2. The fourth-order valence-corrected chi connectivity index (χ4v) is 3.94. The molecule has 1 aromatic heterocycles. The number of nitrogens with zero attached hydrogens (tertiary/aromatic N) is 5. The topological polar surface area (TPSA) is 86.3 Å². The van der Waals surface area contributed by atoms with Crippen molar-refractivity contribution in [2.24, 2.45) is 0 Å². The van der Waals surface area contributed by atoms with Crippen molar-refractivity contribution in [3.63, 3.8) is 0 Å². The van der Waals surface area contributed by atoms with Crippen molar-refractivity contribution in [1.29, 1.82) is 0 Å². The Balaban J connectivity index is 1.45. The van der Waals surface area contributed by atoms with E-state index in [1.165, 1.54) is 30.1 Å². The molecule has 3 aromatic rings. The van der Waals surface area contributed by atoms with Crippen molar-refractivity contribution in [3.05, 3.63) is 59.4 Å². The number of rotatable bonds is 5. The number of amides is 1. The third-order valence-corrected chi connectivity index (χ3v) is 5.93. The molecule has 1 saturated heterocycles. The normalized spacial score (nSPS) is 13.8. The van der Waals surface area contributed by atoms with E-state index in [9.17, 15) is 4.79 Å². The van der Waals surface area contributed by atoms with Crippen LogP contribution in [0.15, 0.2) is 42.7 Å². The lowest BCUT2D eigenvalue weighted by molar-refractivity contribution is -0.114. The molecule has 2 aromatic carbocycles. The van der Waals surface area contributed by atoms with Crippen molar-refractivity contribution in [2.45, 2.75) is 27.7 Å². The molecule has 0 spiro atoms. The lowest BCUT2D eigenvalue weighted by Crippen LogP contribution is -2.47. The molecule has 8 heteroatoms. The van der Waals surface area contributed by atoms with Gasteiger partial charge < -0.3 is 20.4 Å². The highest BCUT2D eigenvalue weighted by Gasteiger charge is 2.21. The molecule has 1 fully saturated rings. The van der Waals surface area contributed by atoms with Gasteiger partial charge in [-0.1, -0.05) is 18.2 Å². The standard InChI is InChI=1S/C24H29N7O/c1-16-7-5-10-22(17(16)2)30-11-13-31(14-12-30)24-26-15-25-23(29-24)28-21-9-6-8-20(18(21)3)27-19(4)32/h5-10,15H,11-14H2,1-4H3,(H,27,32)(H,25,26,28,29). The Labute approximate surface area is 188 Å². The number of benzene rings is 2. The molecule has 0 radical (unpaired) electrons. The molecular weight excluding hydrogens is 402 g/mol. The zero-order valence-electron chi connectivity index (χ0n) is 19.0. The van der Waals surface area contributed by atoms with Gasteiger partial charge in [-0.2, -0.15) is 4.98 Å². The highest BCUT2D eigenvalue weighted by atomic mass is 16.1. The lowest BCUT2D eigenvalue weighted by Gasteiger charge is -2.37. The van der Waals surface area contributed by atoms with E-state index in [0.29, 0.717) is 11.9 Å². The van der Waals surface area contributed by atoms with Gasteiger partial charge in [-0.25, -0.2) is 9.97 Å². The predicted octanol–water partition coefficient (Wildman–Crippen LogP) is 3.83. The van der Waals surface area contributed by atoms with Crippen molar-refractivity contribution >= 4 is 34.9 Å². The Kier molecular flexibility index (Phi) is 6.20. The van der Waals surface area contributed by atoms with E-state index in [-0.39, 0.29) is 5.91 Å². The molecule has 1 aliphatic rings. The van der Waals surface area contributed by atoms with E-state index in [4.69, 9.17) is 0 Å². The van der Waals surface area contributed by atoms with Crippen LogP contribution < -0.4 is 20.4 Å². The highest BCUT2D eigenvalue weighted by molar-refractivity contribution is 5.90. The molecule has 0 atom stereocenters. The Morgan fingerprint density at radius 2 is 1.56 bits per heavy atom. The maximum Gasteiger partial charge on any atom is 0.232 e. The highest BCUT2D eigenvalue weighted by Crippen LogP contribution is 2.27. The zero-order valence-corrected chi connectivity index (χ0v) is 19.0. The number of aryl methyl sites for hydroxylation is 1. The van der Waals surface area contributed by atoms with E-state index in [1.807, 2.05) is 25.1 Å². The van der Waals surface area contributed by atoms with Crippen LogP contribution in [0.2, 0.25) is 0 Å². The summed E-state index contributed by atoms with van der Waals surface area (Å²) in [4.78, 5) is 29.4. The fourth-order valence-electron chi connectivity index (χ4n) is 3.94. The second kappa shape index (κ2) is 9.21. The molecule has 1 aliphatic heterocycles. The Bertz CT molecular complexity index is 1120. The number of carbonyl (C=O) groups is 1. The summed E-state index contributed by atoms with van der Waals surface area (Å²) < 4.78 is 0. The summed E-state index contributed by atoms with van der Waals surface area (Å²) in [5, 5.41) is 6.11. The first-order chi connectivity index (χ1) is 15.4. The number of hydrogen-bond acceptors (Lipinski definition) is 7. The van der Waals surface area contributed by atoms with Gasteiger partial charge in [0.1, 0.15) is 6.33 Å².